The zero-order valence-electron chi connectivity index (χ0n) is 11.2. The highest BCUT2D eigenvalue weighted by molar-refractivity contribution is 7.89. The molecule has 1 atom stereocenters. The van der Waals surface area contributed by atoms with Gasteiger partial charge < -0.3 is 9.67 Å². The Bertz CT molecular complexity index is 641. The van der Waals surface area contributed by atoms with Crippen LogP contribution >= 0.6 is 0 Å². The molecule has 7 heteroatoms. The second-order valence-corrected chi connectivity index (χ2v) is 7.47. The van der Waals surface area contributed by atoms with Crippen LogP contribution in [0.2, 0.25) is 0 Å². The molecule has 20 heavy (non-hydrogen) atoms. The van der Waals surface area contributed by atoms with E-state index in [1.807, 2.05) is 6.92 Å². The van der Waals surface area contributed by atoms with Crippen molar-refractivity contribution in [1.82, 2.24) is 9.29 Å². The Labute approximate surface area is 117 Å². The lowest BCUT2D eigenvalue weighted by Crippen LogP contribution is -2.33. The summed E-state index contributed by atoms with van der Waals surface area (Å²) in [4.78, 5) is 11.2. The Hall–Kier alpha value is -1.34. The van der Waals surface area contributed by atoms with Gasteiger partial charge in [-0.25, -0.2) is 17.9 Å². The number of aromatic nitrogens is 1. The van der Waals surface area contributed by atoms with Gasteiger partial charge in [0.2, 0.25) is 10.0 Å². The van der Waals surface area contributed by atoms with E-state index in [0.717, 1.165) is 25.7 Å². The average Bonchev–Trinajstić information content (AvgIpc) is 3.24. The van der Waals surface area contributed by atoms with E-state index in [0.29, 0.717) is 5.92 Å². The van der Waals surface area contributed by atoms with Crippen LogP contribution in [-0.2, 0) is 10.0 Å². The molecule has 0 radical (unpaired) electrons. The molecule has 0 spiro atoms. The molecule has 2 aliphatic carbocycles. The number of sulfonamides is 1. The molecule has 3 rings (SSSR count). The van der Waals surface area contributed by atoms with Gasteiger partial charge in [-0.3, -0.25) is 0 Å². The molecular formula is C13H18N2O4S. The molecule has 6 nitrogen and oxygen atoms in total. The largest absolute Gasteiger partial charge is 0.477 e. The molecule has 1 heterocycles. The Morgan fingerprint density at radius 2 is 2.05 bits per heavy atom. The summed E-state index contributed by atoms with van der Waals surface area (Å²) in [6.07, 6.45) is 5.35. The molecule has 2 N–H and O–H groups in total. The van der Waals surface area contributed by atoms with E-state index in [1.54, 1.807) is 4.57 Å². The molecule has 0 saturated heterocycles. The first-order valence-corrected chi connectivity index (χ1v) is 8.34. The fraction of sp³-hybridized carbons (Fsp3) is 0.615. The summed E-state index contributed by atoms with van der Waals surface area (Å²) in [6.45, 7) is 1.85. The van der Waals surface area contributed by atoms with Crippen LogP contribution in [0, 0.1) is 5.92 Å². The quantitative estimate of drug-likeness (QED) is 0.835. The first-order chi connectivity index (χ1) is 9.38. The number of carbonyl (C=O) groups is 1. The molecule has 2 saturated carbocycles. The zero-order chi connectivity index (χ0) is 14.5. The van der Waals surface area contributed by atoms with Crippen molar-refractivity contribution in [2.24, 2.45) is 5.92 Å². The van der Waals surface area contributed by atoms with Gasteiger partial charge in [0, 0.05) is 18.3 Å². The van der Waals surface area contributed by atoms with E-state index >= 15 is 0 Å². The van der Waals surface area contributed by atoms with Crippen LogP contribution in [0.4, 0.5) is 0 Å². The van der Waals surface area contributed by atoms with Crippen molar-refractivity contribution in [3.8, 4) is 0 Å². The van der Waals surface area contributed by atoms with Crippen LogP contribution in [-0.4, -0.2) is 30.1 Å². The summed E-state index contributed by atoms with van der Waals surface area (Å²) in [7, 11) is -3.64. The van der Waals surface area contributed by atoms with Gasteiger partial charge in [-0.05, 0) is 44.6 Å². The van der Waals surface area contributed by atoms with Crippen LogP contribution in [0.5, 0.6) is 0 Å². The molecule has 0 aromatic carbocycles. The first-order valence-electron chi connectivity index (χ1n) is 6.86. The first kappa shape index (κ1) is 13.6. The van der Waals surface area contributed by atoms with Crippen molar-refractivity contribution < 1.29 is 18.3 Å². The number of carboxylic acids is 1. The number of carboxylic acid groups (broad SMARTS) is 1. The molecule has 0 bridgehead atoms. The van der Waals surface area contributed by atoms with Crippen LogP contribution in [0.1, 0.15) is 49.1 Å². The van der Waals surface area contributed by atoms with E-state index in [-0.39, 0.29) is 22.7 Å². The Balaban J connectivity index is 1.88. The number of hydrogen-bond donors (Lipinski definition) is 2. The normalized spacial score (nSPS) is 20.9. The highest BCUT2D eigenvalue weighted by Crippen LogP contribution is 2.37. The highest BCUT2D eigenvalue weighted by atomic mass is 32.2. The molecule has 110 valence electrons. The average molecular weight is 298 g/mol. The third-order valence-electron chi connectivity index (χ3n) is 3.96. The van der Waals surface area contributed by atoms with Crippen molar-refractivity contribution in [1.29, 1.82) is 0 Å². The maximum atomic E-state index is 12.3. The third-order valence-corrected chi connectivity index (χ3v) is 5.49. The molecule has 1 aromatic heterocycles. The van der Waals surface area contributed by atoms with Crippen molar-refractivity contribution >= 4 is 16.0 Å². The number of rotatable bonds is 6. The number of nitrogens with zero attached hydrogens (tertiary/aromatic N) is 1. The Morgan fingerprint density at radius 1 is 1.40 bits per heavy atom. The molecule has 0 aliphatic heterocycles. The van der Waals surface area contributed by atoms with Crippen molar-refractivity contribution in [3.63, 3.8) is 0 Å². The third kappa shape index (κ3) is 2.60. The second kappa shape index (κ2) is 4.60. The van der Waals surface area contributed by atoms with Gasteiger partial charge in [0.05, 0.1) is 0 Å². The smallest absolute Gasteiger partial charge is 0.352 e. The van der Waals surface area contributed by atoms with Crippen LogP contribution in [0.25, 0.3) is 0 Å². The van der Waals surface area contributed by atoms with E-state index in [9.17, 15) is 13.2 Å². The summed E-state index contributed by atoms with van der Waals surface area (Å²) in [6, 6.07) is 1.28. The summed E-state index contributed by atoms with van der Waals surface area (Å²) in [5, 5.41) is 9.17. The van der Waals surface area contributed by atoms with Crippen molar-refractivity contribution in [2.45, 2.75) is 49.6 Å². The van der Waals surface area contributed by atoms with E-state index in [2.05, 4.69) is 4.72 Å². The zero-order valence-corrected chi connectivity index (χ0v) is 12.1. The summed E-state index contributed by atoms with van der Waals surface area (Å²) < 4.78 is 28.8. The fourth-order valence-corrected chi connectivity index (χ4v) is 3.77. The molecule has 1 unspecified atom stereocenters. The number of aromatic carboxylic acids is 1. The topological polar surface area (TPSA) is 88.4 Å². The predicted molar refractivity (Wildman–Crippen MR) is 72.2 cm³/mol. The van der Waals surface area contributed by atoms with Gasteiger partial charge in [0.1, 0.15) is 10.6 Å². The lowest BCUT2D eigenvalue weighted by molar-refractivity contribution is 0.0685. The van der Waals surface area contributed by atoms with Gasteiger partial charge in [-0.15, -0.1) is 0 Å². The summed E-state index contributed by atoms with van der Waals surface area (Å²) in [5.74, 6) is -0.678. The standard InChI is InChI=1S/C13H18N2O4S/c1-8(9-2-3-9)14-20(18,19)11-6-12(13(16)17)15(7-11)10-4-5-10/h6-10,14H,2-5H2,1H3,(H,16,17). The lowest BCUT2D eigenvalue weighted by Gasteiger charge is -2.12. The molecular weight excluding hydrogens is 280 g/mol. The Kier molecular flexibility index (Phi) is 3.13. The molecule has 1 aromatic rings. The van der Waals surface area contributed by atoms with Gasteiger partial charge >= 0.3 is 5.97 Å². The minimum Gasteiger partial charge on any atom is -0.477 e. The Morgan fingerprint density at radius 3 is 2.55 bits per heavy atom. The number of hydrogen-bond acceptors (Lipinski definition) is 3. The fourth-order valence-electron chi connectivity index (χ4n) is 2.43. The minimum absolute atomic E-state index is 0.0481. The van der Waals surface area contributed by atoms with Gasteiger partial charge in [-0.1, -0.05) is 0 Å². The summed E-state index contributed by atoms with van der Waals surface area (Å²) >= 11 is 0. The van der Waals surface area contributed by atoms with E-state index in [1.165, 1.54) is 12.3 Å². The second-order valence-electron chi connectivity index (χ2n) is 5.75. The van der Waals surface area contributed by atoms with Crippen molar-refractivity contribution in [3.05, 3.63) is 18.0 Å². The molecule has 2 aliphatic rings. The molecule has 2 fully saturated rings. The van der Waals surface area contributed by atoms with E-state index < -0.39 is 16.0 Å². The van der Waals surface area contributed by atoms with Crippen LogP contribution in [0.3, 0.4) is 0 Å². The lowest BCUT2D eigenvalue weighted by atomic mass is 10.2. The van der Waals surface area contributed by atoms with Gasteiger partial charge in [-0.2, -0.15) is 0 Å². The minimum atomic E-state index is -3.64. The SMILES string of the molecule is CC(NS(=O)(=O)c1cc(C(=O)O)n(C2CC2)c1)C1CC1. The highest BCUT2D eigenvalue weighted by Gasteiger charge is 2.34. The predicted octanol–water partition coefficient (Wildman–Crippen LogP) is 1.60. The summed E-state index contributed by atoms with van der Waals surface area (Å²) in [5.41, 5.74) is 0.0481. The van der Waals surface area contributed by atoms with Crippen LogP contribution in [0.15, 0.2) is 17.2 Å². The monoisotopic (exact) mass is 298 g/mol. The maximum absolute atomic E-state index is 12.3. The maximum Gasteiger partial charge on any atom is 0.352 e. The number of nitrogens with one attached hydrogen (secondary N) is 1. The van der Waals surface area contributed by atoms with Crippen molar-refractivity contribution in [2.75, 3.05) is 0 Å². The van der Waals surface area contributed by atoms with Crippen LogP contribution < -0.4 is 4.72 Å². The molecule has 0 amide bonds. The van der Waals surface area contributed by atoms with E-state index in [4.69, 9.17) is 5.11 Å². The van der Waals surface area contributed by atoms with Gasteiger partial charge in [0.25, 0.3) is 0 Å². The van der Waals surface area contributed by atoms with Gasteiger partial charge in [0.15, 0.2) is 0 Å².